The summed E-state index contributed by atoms with van der Waals surface area (Å²) in [6.07, 6.45) is 4.91. The Morgan fingerprint density at radius 1 is 1.28 bits per heavy atom. The van der Waals surface area contributed by atoms with Crippen molar-refractivity contribution in [2.45, 2.75) is 0 Å². The first-order valence-corrected chi connectivity index (χ1v) is 5.50. The third-order valence-electron chi connectivity index (χ3n) is 2.54. The number of primary amides is 1. The van der Waals surface area contributed by atoms with Gasteiger partial charge in [-0.2, -0.15) is 0 Å². The Bertz CT molecular complexity index is 585. The van der Waals surface area contributed by atoms with E-state index in [0.717, 1.165) is 17.1 Å². The summed E-state index contributed by atoms with van der Waals surface area (Å²) in [6.45, 7) is 0. The molecule has 0 spiro atoms. The summed E-state index contributed by atoms with van der Waals surface area (Å²) < 4.78 is 7.24. The summed E-state index contributed by atoms with van der Waals surface area (Å²) in [6, 6.07) is 11.5. The van der Waals surface area contributed by atoms with E-state index in [2.05, 4.69) is 0 Å². The number of rotatable bonds is 4. The van der Waals surface area contributed by atoms with Crippen LogP contribution < -0.4 is 10.5 Å². The van der Waals surface area contributed by atoms with E-state index in [9.17, 15) is 4.79 Å². The van der Waals surface area contributed by atoms with Crippen LogP contribution in [-0.4, -0.2) is 17.6 Å². The lowest BCUT2D eigenvalue weighted by molar-refractivity contribution is -0.113. The smallest absolute Gasteiger partial charge is 0.241 e. The van der Waals surface area contributed by atoms with Crippen LogP contribution in [0.2, 0.25) is 0 Å². The average molecular weight is 242 g/mol. The number of carbonyl (C=O) groups excluding carboxylic acids is 1. The van der Waals surface area contributed by atoms with Crippen molar-refractivity contribution in [3.05, 3.63) is 54.4 Å². The van der Waals surface area contributed by atoms with Gasteiger partial charge in [0.25, 0.3) is 0 Å². The van der Waals surface area contributed by atoms with Crippen LogP contribution in [0, 0.1) is 0 Å². The molecular formula is C14H14N2O2. The molecule has 0 radical (unpaired) electrons. The van der Waals surface area contributed by atoms with Gasteiger partial charge in [-0.1, -0.05) is 12.1 Å². The largest absolute Gasteiger partial charge is 0.495 e. The van der Waals surface area contributed by atoms with E-state index in [-0.39, 0.29) is 0 Å². The summed E-state index contributed by atoms with van der Waals surface area (Å²) in [5.41, 5.74) is 6.86. The third kappa shape index (κ3) is 2.43. The molecule has 1 aromatic heterocycles. The molecule has 18 heavy (non-hydrogen) atoms. The topological polar surface area (TPSA) is 57.2 Å². The number of para-hydroxylation sites is 2. The van der Waals surface area contributed by atoms with Gasteiger partial charge in [0.15, 0.2) is 0 Å². The number of hydrogen-bond donors (Lipinski definition) is 1. The number of aromatic nitrogens is 1. The molecule has 0 saturated carbocycles. The predicted octanol–water partition coefficient (Wildman–Crippen LogP) is 1.98. The first-order valence-electron chi connectivity index (χ1n) is 5.50. The van der Waals surface area contributed by atoms with Gasteiger partial charge in [-0.25, -0.2) is 0 Å². The maximum Gasteiger partial charge on any atom is 0.241 e. The Kier molecular flexibility index (Phi) is 3.48. The number of methoxy groups -OCH3 is 1. The van der Waals surface area contributed by atoms with Gasteiger partial charge in [-0.3, -0.25) is 4.79 Å². The highest BCUT2D eigenvalue weighted by Gasteiger charge is 2.06. The maximum atomic E-state index is 10.8. The molecule has 4 heteroatoms. The molecule has 2 aromatic rings. The first-order chi connectivity index (χ1) is 8.72. The molecule has 0 atom stereocenters. The minimum absolute atomic E-state index is 0.470. The highest BCUT2D eigenvalue weighted by atomic mass is 16.5. The van der Waals surface area contributed by atoms with Crippen LogP contribution in [-0.2, 0) is 4.79 Å². The van der Waals surface area contributed by atoms with Gasteiger partial charge in [0.2, 0.25) is 5.91 Å². The standard InChI is InChI=1S/C14H14N2O2/c1-18-13-7-3-2-6-12(13)16-10-4-5-11(16)8-9-14(15)17/h2-10H,1H3,(H2,15,17)/b9-8+. The van der Waals surface area contributed by atoms with Crippen molar-refractivity contribution >= 4 is 12.0 Å². The molecule has 2 rings (SSSR count). The normalized spacial score (nSPS) is 10.7. The van der Waals surface area contributed by atoms with Gasteiger partial charge in [-0.15, -0.1) is 0 Å². The van der Waals surface area contributed by atoms with E-state index in [1.54, 1.807) is 13.2 Å². The molecule has 0 saturated heterocycles. The molecule has 0 bridgehead atoms. The molecule has 1 amide bonds. The predicted molar refractivity (Wildman–Crippen MR) is 70.5 cm³/mol. The molecule has 0 aliphatic carbocycles. The van der Waals surface area contributed by atoms with Crippen LogP contribution in [0.4, 0.5) is 0 Å². The molecule has 0 fully saturated rings. The van der Waals surface area contributed by atoms with Crippen molar-refractivity contribution in [3.8, 4) is 11.4 Å². The van der Waals surface area contributed by atoms with Crippen molar-refractivity contribution in [2.24, 2.45) is 5.73 Å². The van der Waals surface area contributed by atoms with Crippen molar-refractivity contribution in [1.29, 1.82) is 0 Å². The average Bonchev–Trinajstić information content (AvgIpc) is 2.84. The van der Waals surface area contributed by atoms with Gasteiger partial charge in [0, 0.05) is 18.0 Å². The van der Waals surface area contributed by atoms with Gasteiger partial charge in [0.05, 0.1) is 12.8 Å². The Hall–Kier alpha value is -2.49. The van der Waals surface area contributed by atoms with Crippen molar-refractivity contribution < 1.29 is 9.53 Å². The van der Waals surface area contributed by atoms with Gasteiger partial charge in [0.1, 0.15) is 5.75 Å². The van der Waals surface area contributed by atoms with Crippen LogP contribution in [0.15, 0.2) is 48.7 Å². The van der Waals surface area contributed by atoms with E-state index in [1.807, 2.05) is 47.2 Å². The Morgan fingerprint density at radius 2 is 2.06 bits per heavy atom. The lowest BCUT2D eigenvalue weighted by Crippen LogP contribution is -2.05. The molecule has 1 heterocycles. The fourth-order valence-electron chi connectivity index (χ4n) is 1.75. The maximum absolute atomic E-state index is 10.8. The summed E-state index contributed by atoms with van der Waals surface area (Å²) in [7, 11) is 1.63. The first kappa shape index (κ1) is 12.0. The fraction of sp³-hybridized carbons (Fsp3) is 0.0714. The lowest BCUT2D eigenvalue weighted by atomic mass is 10.2. The second-order valence-electron chi connectivity index (χ2n) is 3.71. The van der Waals surface area contributed by atoms with Crippen molar-refractivity contribution in [3.63, 3.8) is 0 Å². The molecule has 2 N–H and O–H groups in total. The number of benzene rings is 1. The zero-order valence-electron chi connectivity index (χ0n) is 10.0. The summed E-state index contributed by atoms with van der Waals surface area (Å²) in [5.74, 6) is 0.296. The Balaban J connectivity index is 2.45. The molecule has 1 aromatic carbocycles. The minimum atomic E-state index is -0.470. The SMILES string of the molecule is COc1ccccc1-n1cccc1/C=C/C(N)=O. The van der Waals surface area contributed by atoms with E-state index in [0.29, 0.717) is 0 Å². The van der Waals surface area contributed by atoms with E-state index in [4.69, 9.17) is 10.5 Å². The van der Waals surface area contributed by atoms with Crippen LogP contribution in [0.5, 0.6) is 5.75 Å². The second kappa shape index (κ2) is 5.23. The highest BCUT2D eigenvalue weighted by Crippen LogP contribution is 2.24. The highest BCUT2D eigenvalue weighted by molar-refractivity contribution is 5.90. The van der Waals surface area contributed by atoms with E-state index < -0.39 is 5.91 Å². The molecule has 0 aliphatic rings. The number of amides is 1. The molecule has 92 valence electrons. The number of nitrogens with two attached hydrogens (primary N) is 1. The molecule has 0 aliphatic heterocycles. The quantitative estimate of drug-likeness (QED) is 0.833. The van der Waals surface area contributed by atoms with Gasteiger partial charge < -0.3 is 15.0 Å². The lowest BCUT2D eigenvalue weighted by Gasteiger charge is -2.11. The fourth-order valence-corrected chi connectivity index (χ4v) is 1.75. The zero-order valence-corrected chi connectivity index (χ0v) is 10.0. The zero-order chi connectivity index (χ0) is 13.0. The summed E-state index contributed by atoms with van der Waals surface area (Å²) in [4.78, 5) is 10.8. The molecular weight excluding hydrogens is 228 g/mol. The summed E-state index contributed by atoms with van der Waals surface area (Å²) in [5, 5.41) is 0. The number of ether oxygens (including phenoxy) is 1. The van der Waals surface area contributed by atoms with Crippen molar-refractivity contribution in [2.75, 3.05) is 7.11 Å². The van der Waals surface area contributed by atoms with Gasteiger partial charge in [-0.05, 0) is 30.3 Å². The Morgan fingerprint density at radius 3 is 2.78 bits per heavy atom. The van der Waals surface area contributed by atoms with Crippen molar-refractivity contribution in [1.82, 2.24) is 4.57 Å². The second-order valence-corrected chi connectivity index (χ2v) is 3.71. The number of carbonyl (C=O) groups is 1. The van der Waals surface area contributed by atoms with Gasteiger partial charge >= 0.3 is 0 Å². The van der Waals surface area contributed by atoms with E-state index in [1.165, 1.54) is 6.08 Å². The Labute approximate surface area is 105 Å². The van der Waals surface area contributed by atoms with Crippen LogP contribution in [0.25, 0.3) is 11.8 Å². The van der Waals surface area contributed by atoms with Crippen LogP contribution in [0.1, 0.15) is 5.69 Å². The van der Waals surface area contributed by atoms with Crippen LogP contribution in [0.3, 0.4) is 0 Å². The monoisotopic (exact) mass is 242 g/mol. The number of hydrogen-bond acceptors (Lipinski definition) is 2. The molecule has 0 unspecified atom stereocenters. The summed E-state index contributed by atoms with van der Waals surface area (Å²) >= 11 is 0. The third-order valence-corrected chi connectivity index (χ3v) is 2.54. The number of nitrogens with zero attached hydrogens (tertiary/aromatic N) is 1. The minimum Gasteiger partial charge on any atom is -0.495 e. The molecule has 4 nitrogen and oxygen atoms in total. The van der Waals surface area contributed by atoms with Crippen LogP contribution >= 0.6 is 0 Å². The van der Waals surface area contributed by atoms with E-state index >= 15 is 0 Å².